The summed E-state index contributed by atoms with van der Waals surface area (Å²) < 4.78 is 38.1. The van der Waals surface area contributed by atoms with Crippen molar-refractivity contribution in [2.75, 3.05) is 12.9 Å². The van der Waals surface area contributed by atoms with Crippen molar-refractivity contribution in [3.05, 3.63) is 24.3 Å². The number of nitrogens with zero attached hydrogens (tertiary/aromatic N) is 1. The third kappa shape index (κ3) is 4.26. The molecule has 2 heterocycles. The number of benzene rings is 1. The Morgan fingerprint density at radius 1 is 1.36 bits per heavy atom. The molecule has 0 radical (unpaired) electrons. The molecule has 0 unspecified atom stereocenters. The normalized spacial score (nSPS) is 29.1. The molecule has 1 aliphatic rings. The van der Waals surface area contributed by atoms with Crippen LogP contribution in [0.4, 0.5) is 0 Å². The predicted octanol–water partition coefficient (Wildman–Crippen LogP) is 3.29. The highest BCUT2D eigenvalue weighted by atomic mass is 32.2. The third-order valence-electron chi connectivity index (χ3n) is 5.51. The molecule has 2 aromatic rings. The monoisotopic (exact) mass is 427 g/mol. The first kappa shape index (κ1) is 21.6. The topological polar surface area (TPSA) is 85.7 Å². The van der Waals surface area contributed by atoms with E-state index in [1.54, 1.807) is 14.0 Å². The second kappa shape index (κ2) is 7.99. The Balaban J connectivity index is 1.71. The molecule has 3 rings (SSSR count). The van der Waals surface area contributed by atoms with E-state index in [0.29, 0.717) is 11.9 Å². The molecule has 0 spiro atoms. The summed E-state index contributed by atoms with van der Waals surface area (Å²) >= 11 is 1.19. The van der Waals surface area contributed by atoms with Crippen LogP contribution in [0.3, 0.4) is 0 Å². The maximum Gasteiger partial charge on any atom is 0.210 e. The Morgan fingerprint density at radius 3 is 2.64 bits per heavy atom. The summed E-state index contributed by atoms with van der Waals surface area (Å²) in [5.74, 6) is -0.296. The fraction of sp³-hybridized carbons (Fsp3) is 0.650. The Kier molecular flexibility index (Phi) is 6.18. The highest BCUT2D eigenvalue weighted by Crippen LogP contribution is 2.38. The predicted molar refractivity (Wildman–Crippen MR) is 110 cm³/mol. The smallest absolute Gasteiger partial charge is 0.210 e. The van der Waals surface area contributed by atoms with Crippen molar-refractivity contribution in [2.45, 2.75) is 62.4 Å². The van der Waals surface area contributed by atoms with Crippen LogP contribution in [-0.2, 0) is 19.3 Å². The second-order valence-corrected chi connectivity index (χ2v) is 11.5. The zero-order valence-corrected chi connectivity index (χ0v) is 18.6. The lowest BCUT2D eigenvalue weighted by Gasteiger charge is -2.34. The lowest BCUT2D eigenvalue weighted by molar-refractivity contribution is -0.110. The minimum Gasteiger partial charge on any atom is -0.387 e. The number of sulfone groups is 1. The van der Waals surface area contributed by atoms with Gasteiger partial charge in [0, 0.05) is 13.0 Å². The number of fused-ring (bicyclic) bond motifs is 1. The average molecular weight is 428 g/mol. The minimum atomic E-state index is -3.53. The SMILES string of the molecule is CO[C@@H]1[C@@H](C)[C@@H]([C@](C)(O)C[C@H](C)CS(=O)(=O)c2nc3ccccc3s2)O[C@H]1C. The van der Waals surface area contributed by atoms with Gasteiger partial charge in [-0.1, -0.05) is 26.0 Å². The van der Waals surface area contributed by atoms with Crippen molar-refractivity contribution in [2.24, 2.45) is 11.8 Å². The molecule has 0 amide bonds. The van der Waals surface area contributed by atoms with Gasteiger partial charge in [-0.05, 0) is 38.3 Å². The number of methoxy groups -OCH3 is 1. The van der Waals surface area contributed by atoms with Crippen LogP contribution in [0.25, 0.3) is 10.2 Å². The van der Waals surface area contributed by atoms with Crippen molar-refractivity contribution in [1.82, 2.24) is 4.98 Å². The first-order chi connectivity index (χ1) is 13.0. The average Bonchev–Trinajstić information content (AvgIpc) is 3.15. The van der Waals surface area contributed by atoms with E-state index in [4.69, 9.17) is 9.47 Å². The van der Waals surface area contributed by atoms with Crippen LogP contribution in [0.1, 0.15) is 34.1 Å². The summed E-state index contributed by atoms with van der Waals surface area (Å²) in [7, 11) is -1.88. The van der Waals surface area contributed by atoms with Crippen LogP contribution in [0.2, 0.25) is 0 Å². The number of para-hydroxylation sites is 1. The zero-order valence-electron chi connectivity index (χ0n) is 17.0. The maximum absolute atomic E-state index is 12.8. The number of hydrogen-bond donors (Lipinski definition) is 1. The van der Waals surface area contributed by atoms with Gasteiger partial charge in [0.1, 0.15) is 0 Å². The zero-order chi connectivity index (χ0) is 20.7. The van der Waals surface area contributed by atoms with Crippen molar-refractivity contribution in [1.29, 1.82) is 0 Å². The summed E-state index contributed by atoms with van der Waals surface area (Å²) in [6.07, 6.45) is -0.286. The number of aliphatic hydroxyl groups is 1. The Morgan fingerprint density at radius 2 is 2.04 bits per heavy atom. The van der Waals surface area contributed by atoms with Gasteiger partial charge in [0.05, 0.1) is 39.9 Å². The maximum atomic E-state index is 12.8. The van der Waals surface area contributed by atoms with Crippen LogP contribution in [0.5, 0.6) is 0 Å². The Labute approximate surface area is 170 Å². The van der Waals surface area contributed by atoms with E-state index in [-0.39, 0.29) is 34.1 Å². The van der Waals surface area contributed by atoms with Crippen LogP contribution in [0, 0.1) is 11.8 Å². The van der Waals surface area contributed by atoms with Crippen molar-refractivity contribution in [3.63, 3.8) is 0 Å². The highest BCUT2D eigenvalue weighted by molar-refractivity contribution is 7.93. The molecule has 0 aliphatic carbocycles. The lowest BCUT2D eigenvalue weighted by atomic mass is 9.82. The number of hydrogen-bond acceptors (Lipinski definition) is 7. The van der Waals surface area contributed by atoms with E-state index in [2.05, 4.69) is 4.98 Å². The van der Waals surface area contributed by atoms with Crippen molar-refractivity contribution in [3.8, 4) is 0 Å². The van der Waals surface area contributed by atoms with Gasteiger partial charge in [-0.3, -0.25) is 0 Å². The van der Waals surface area contributed by atoms with Gasteiger partial charge in [-0.25, -0.2) is 13.4 Å². The molecule has 6 atom stereocenters. The minimum absolute atomic E-state index is 0.0167. The van der Waals surface area contributed by atoms with Crippen LogP contribution < -0.4 is 0 Å². The largest absolute Gasteiger partial charge is 0.387 e. The van der Waals surface area contributed by atoms with Gasteiger partial charge >= 0.3 is 0 Å². The molecule has 1 N–H and O–H groups in total. The molecule has 8 heteroatoms. The number of rotatable bonds is 7. The molecular formula is C20H29NO5S2. The van der Waals surface area contributed by atoms with E-state index in [9.17, 15) is 13.5 Å². The van der Waals surface area contributed by atoms with Crippen LogP contribution in [-0.4, -0.2) is 55.3 Å². The molecule has 28 heavy (non-hydrogen) atoms. The van der Waals surface area contributed by atoms with E-state index in [1.807, 2.05) is 45.0 Å². The number of ether oxygens (including phenoxy) is 2. The first-order valence-electron chi connectivity index (χ1n) is 9.54. The lowest BCUT2D eigenvalue weighted by Crippen LogP contribution is -2.45. The molecule has 1 aliphatic heterocycles. The van der Waals surface area contributed by atoms with Gasteiger partial charge in [-0.15, -0.1) is 11.3 Å². The third-order valence-corrected chi connectivity index (χ3v) is 8.98. The molecule has 0 saturated carbocycles. The highest BCUT2D eigenvalue weighted by Gasteiger charge is 2.48. The van der Waals surface area contributed by atoms with E-state index in [1.165, 1.54) is 11.3 Å². The molecule has 156 valence electrons. The van der Waals surface area contributed by atoms with Gasteiger partial charge in [0.15, 0.2) is 0 Å². The summed E-state index contributed by atoms with van der Waals surface area (Å²) in [6, 6.07) is 7.39. The molecule has 0 bridgehead atoms. The quantitative estimate of drug-likeness (QED) is 0.730. The van der Waals surface area contributed by atoms with E-state index >= 15 is 0 Å². The Bertz CT molecular complexity index is 891. The first-order valence-corrected chi connectivity index (χ1v) is 12.0. The van der Waals surface area contributed by atoms with Gasteiger partial charge in [-0.2, -0.15) is 0 Å². The fourth-order valence-corrected chi connectivity index (χ4v) is 7.39. The van der Waals surface area contributed by atoms with Crippen LogP contribution in [0.15, 0.2) is 28.6 Å². The van der Waals surface area contributed by atoms with Crippen molar-refractivity contribution < 1.29 is 23.0 Å². The van der Waals surface area contributed by atoms with Crippen molar-refractivity contribution >= 4 is 31.4 Å². The fourth-order valence-electron chi connectivity index (χ4n) is 4.46. The molecule has 1 fully saturated rings. The van der Waals surface area contributed by atoms with Gasteiger partial charge < -0.3 is 14.6 Å². The molecule has 6 nitrogen and oxygen atoms in total. The number of thiazole rings is 1. The molecule has 1 saturated heterocycles. The molecular weight excluding hydrogens is 398 g/mol. The Hall–Kier alpha value is -1.06. The summed E-state index contributed by atoms with van der Waals surface area (Å²) in [6.45, 7) is 7.50. The van der Waals surface area contributed by atoms with Gasteiger partial charge in [0.25, 0.3) is 0 Å². The summed E-state index contributed by atoms with van der Waals surface area (Å²) in [4.78, 5) is 4.28. The second-order valence-electron chi connectivity index (χ2n) is 8.22. The standard InChI is InChI=1S/C20H29NO5S2/c1-12(10-20(4,22)18-13(2)17(25-5)14(3)26-18)11-28(23,24)19-21-15-8-6-7-9-16(15)27-19/h6-9,12-14,17-18,22H,10-11H2,1-5H3/t12-,13+,14-,17+,18-,20+/m0/s1. The van der Waals surface area contributed by atoms with Gasteiger partial charge in [0.2, 0.25) is 14.2 Å². The molecule has 1 aromatic heterocycles. The van der Waals surface area contributed by atoms with Crippen LogP contribution >= 0.6 is 11.3 Å². The van der Waals surface area contributed by atoms with E-state index < -0.39 is 21.5 Å². The summed E-state index contributed by atoms with van der Waals surface area (Å²) in [5.41, 5.74) is -0.456. The number of aromatic nitrogens is 1. The molecule has 1 aromatic carbocycles. The van der Waals surface area contributed by atoms with E-state index in [0.717, 1.165) is 4.70 Å². The summed E-state index contributed by atoms with van der Waals surface area (Å²) in [5, 5.41) is 11.1.